The van der Waals surface area contributed by atoms with Crippen molar-refractivity contribution in [2.24, 2.45) is 5.73 Å². The minimum atomic E-state index is 0.217. The van der Waals surface area contributed by atoms with Crippen LogP contribution in [0.3, 0.4) is 0 Å². The van der Waals surface area contributed by atoms with Crippen molar-refractivity contribution in [1.82, 2.24) is 15.1 Å². The Bertz CT molecular complexity index is 362. The van der Waals surface area contributed by atoms with E-state index in [2.05, 4.69) is 22.1 Å². The molecule has 2 aliphatic rings. The van der Waals surface area contributed by atoms with Crippen LogP contribution in [-0.2, 0) is 11.8 Å². The van der Waals surface area contributed by atoms with E-state index >= 15 is 0 Å². The maximum atomic E-state index is 6.32. The monoisotopic (exact) mass is 206 g/mol. The summed E-state index contributed by atoms with van der Waals surface area (Å²) in [7, 11) is 2.18. The summed E-state index contributed by atoms with van der Waals surface area (Å²) in [4.78, 5) is 2.38. The minimum absolute atomic E-state index is 0.217. The summed E-state index contributed by atoms with van der Waals surface area (Å²) in [6.07, 6.45) is 5.32. The molecule has 4 heteroatoms. The molecule has 1 saturated heterocycles. The second-order valence-corrected chi connectivity index (χ2v) is 5.03. The Balaban J connectivity index is 1.97. The number of aromatic amines is 1. The number of nitrogens with two attached hydrogens (primary N) is 1. The Morgan fingerprint density at radius 1 is 1.53 bits per heavy atom. The molecule has 1 atom stereocenters. The Hall–Kier alpha value is -0.870. The average Bonchev–Trinajstić information content (AvgIpc) is 2.75. The molecule has 1 fully saturated rings. The van der Waals surface area contributed by atoms with Gasteiger partial charge in [-0.15, -0.1) is 0 Å². The lowest BCUT2D eigenvalue weighted by atomic mass is 9.72. The molecule has 0 bridgehead atoms. The van der Waals surface area contributed by atoms with E-state index in [1.54, 1.807) is 0 Å². The minimum Gasteiger partial charge on any atom is -0.327 e. The summed E-state index contributed by atoms with van der Waals surface area (Å²) < 4.78 is 0. The number of aromatic nitrogens is 2. The van der Waals surface area contributed by atoms with Crippen molar-refractivity contribution in [2.75, 3.05) is 20.1 Å². The molecule has 1 aromatic heterocycles. The maximum absolute atomic E-state index is 6.32. The molecule has 0 amide bonds. The molecule has 15 heavy (non-hydrogen) atoms. The average molecular weight is 206 g/mol. The number of likely N-dealkylation sites (tertiary alicyclic amines) is 1. The summed E-state index contributed by atoms with van der Waals surface area (Å²) >= 11 is 0. The molecular weight excluding hydrogens is 188 g/mol. The molecule has 4 nitrogen and oxygen atoms in total. The van der Waals surface area contributed by atoms with E-state index in [1.807, 2.05) is 6.20 Å². The van der Waals surface area contributed by atoms with Crippen LogP contribution in [0.5, 0.6) is 0 Å². The molecule has 0 aromatic carbocycles. The smallest absolute Gasteiger partial charge is 0.0528 e. The Morgan fingerprint density at radius 2 is 2.27 bits per heavy atom. The van der Waals surface area contributed by atoms with Crippen molar-refractivity contribution in [3.8, 4) is 0 Å². The molecule has 3 N–H and O–H groups in total. The van der Waals surface area contributed by atoms with Gasteiger partial charge in [-0.3, -0.25) is 5.10 Å². The highest BCUT2D eigenvalue weighted by Crippen LogP contribution is 2.44. The van der Waals surface area contributed by atoms with E-state index in [0.717, 1.165) is 19.5 Å². The lowest BCUT2D eigenvalue weighted by Gasteiger charge is -2.41. The molecule has 2 heterocycles. The first-order chi connectivity index (χ1) is 7.22. The summed E-state index contributed by atoms with van der Waals surface area (Å²) in [6, 6.07) is 0.287. The highest BCUT2D eigenvalue weighted by atomic mass is 15.1. The van der Waals surface area contributed by atoms with Crippen molar-refractivity contribution in [1.29, 1.82) is 0 Å². The van der Waals surface area contributed by atoms with Crippen LogP contribution in [0.2, 0.25) is 0 Å². The normalized spacial score (nSPS) is 29.6. The number of rotatable bonds is 0. The van der Waals surface area contributed by atoms with Crippen LogP contribution in [0.15, 0.2) is 6.20 Å². The van der Waals surface area contributed by atoms with Gasteiger partial charge < -0.3 is 10.6 Å². The molecule has 82 valence electrons. The maximum Gasteiger partial charge on any atom is 0.0528 e. The summed E-state index contributed by atoms with van der Waals surface area (Å²) in [5, 5.41) is 7.24. The number of hydrogen-bond donors (Lipinski definition) is 2. The van der Waals surface area contributed by atoms with Crippen LogP contribution in [0.4, 0.5) is 0 Å². The van der Waals surface area contributed by atoms with Crippen molar-refractivity contribution in [3.05, 3.63) is 17.5 Å². The van der Waals surface area contributed by atoms with Crippen molar-refractivity contribution >= 4 is 0 Å². The zero-order valence-electron chi connectivity index (χ0n) is 9.16. The number of nitrogens with zero attached hydrogens (tertiary/aromatic N) is 2. The van der Waals surface area contributed by atoms with Gasteiger partial charge in [-0.2, -0.15) is 5.10 Å². The van der Waals surface area contributed by atoms with Gasteiger partial charge in [-0.05, 0) is 33.0 Å². The molecule has 1 aliphatic carbocycles. The third-order valence-electron chi connectivity index (χ3n) is 4.27. The number of piperidine rings is 1. The van der Waals surface area contributed by atoms with E-state index in [0.29, 0.717) is 0 Å². The second kappa shape index (κ2) is 3.06. The molecule has 1 spiro atoms. The molecular formula is C11H18N4. The molecule has 1 unspecified atom stereocenters. The molecule has 3 rings (SSSR count). The molecule has 1 aromatic rings. The second-order valence-electron chi connectivity index (χ2n) is 5.03. The van der Waals surface area contributed by atoms with Crippen molar-refractivity contribution in [3.63, 3.8) is 0 Å². The van der Waals surface area contributed by atoms with Crippen molar-refractivity contribution in [2.45, 2.75) is 30.7 Å². The van der Waals surface area contributed by atoms with Crippen molar-refractivity contribution < 1.29 is 0 Å². The lowest BCUT2D eigenvalue weighted by molar-refractivity contribution is 0.172. The lowest BCUT2D eigenvalue weighted by Crippen LogP contribution is -2.49. The largest absolute Gasteiger partial charge is 0.327 e. The van der Waals surface area contributed by atoms with Gasteiger partial charge in [0.1, 0.15) is 0 Å². The van der Waals surface area contributed by atoms with Crippen LogP contribution in [0, 0.1) is 0 Å². The highest BCUT2D eigenvalue weighted by Gasteiger charge is 2.47. The number of fused-ring (bicyclic) bond motifs is 2. The SMILES string of the molecule is CN1CCC2(CC1)c1cn[nH]c1CC2N. The fraction of sp³-hybridized carbons (Fsp3) is 0.727. The van der Waals surface area contributed by atoms with Crippen LogP contribution < -0.4 is 5.73 Å². The van der Waals surface area contributed by atoms with Gasteiger partial charge in [0.05, 0.1) is 6.20 Å². The van der Waals surface area contributed by atoms with Gasteiger partial charge >= 0.3 is 0 Å². The first-order valence-electron chi connectivity index (χ1n) is 5.69. The van der Waals surface area contributed by atoms with Gasteiger partial charge in [-0.1, -0.05) is 0 Å². The standard InChI is InChI=1S/C11H18N4/c1-15-4-2-11(3-5-15)8-7-13-14-9(8)6-10(11)12/h7,10H,2-6,12H2,1H3,(H,13,14). The van der Waals surface area contributed by atoms with E-state index in [-0.39, 0.29) is 11.5 Å². The third-order valence-corrected chi connectivity index (χ3v) is 4.27. The van der Waals surface area contributed by atoms with E-state index in [1.165, 1.54) is 24.1 Å². The number of H-pyrrole nitrogens is 1. The van der Waals surface area contributed by atoms with Crippen LogP contribution >= 0.6 is 0 Å². The molecule has 0 radical (unpaired) electrons. The highest BCUT2D eigenvalue weighted by molar-refractivity contribution is 5.37. The predicted octanol–water partition coefficient (Wildman–Crippen LogP) is 0.256. The van der Waals surface area contributed by atoms with Gasteiger partial charge in [0.15, 0.2) is 0 Å². The zero-order valence-corrected chi connectivity index (χ0v) is 9.16. The van der Waals surface area contributed by atoms with E-state index in [4.69, 9.17) is 5.73 Å². The van der Waals surface area contributed by atoms with Crippen LogP contribution in [-0.4, -0.2) is 41.3 Å². The first-order valence-corrected chi connectivity index (χ1v) is 5.69. The molecule has 0 saturated carbocycles. The summed E-state index contributed by atoms with van der Waals surface area (Å²) in [6.45, 7) is 2.30. The van der Waals surface area contributed by atoms with E-state index in [9.17, 15) is 0 Å². The number of nitrogens with one attached hydrogen (secondary N) is 1. The predicted molar refractivity (Wildman–Crippen MR) is 58.7 cm³/mol. The summed E-state index contributed by atoms with van der Waals surface area (Å²) in [5.41, 5.74) is 9.20. The Kier molecular flexibility index (Phi) is 1.91. The Morgan fingerprint density at radius 3 is 3.00 bits per heavy atom. The fourth-order valence-electron chi connectivity index (χ4n) is 3.17. The van der Waals surface area contributed by atoms with Gasteiger partial charge in [-0.25, -0.2) is 0 Å². The Labute approximate surface area is 89.8 Å². The van der Waals surface area contributed by atoms with E-state index < -0.39 is 0 Å². The summed E-state index contributed by atoms with van der Waals surface area (Å²) in [5.74, 6) is 0. The number of hydrogen-bond acceptors (Lipinski definition) is 3. The van der Waals surface area contributed by atoms with Gasteiger partial charge in [0.25, 0.3) is 0 Å². The van der Waals surface area contributed by atoms with Crippen LogP contribution in [0.25, 0.3) is 0 Å². The fourth-order valence-corrected chi connectivity index (χ4v) is 3.17. The zero-order chi connectivity index (χ0) is 10.5. The van der Waals surface area contributed by atoms with Gasteiger partial charge in [0.2, 0.25) is 0 Å². The van der Waals surface area contributed by atoms with Crippen LogP contribution in [0.1, 0.15) is 24.1 Å². The topological polar surface area (TPSA) is 57.9 Å². The third kappa shape index (κ3) is 1.18. The first kappa shape index (κ1) is 9.36. The molecule has 1 aliphatic heterocycles. The van der Waals surface area contributed by atoms with Gasteiger partial charge in [0, 0.05) is 29.1 Å². The quantitative estimate of drug-likeness (QED) is 0.640.